The fraction of sp³-hybridized carbons (Fsp3) is 0.545. The molecule has 0 bridgehead atoms. The lowest BCUT2D eigenvalue weighted by atomic mass is 9.86. The highest BCUT2D eigenvalue weighted by Gasteiger charge is 2.26. The quantitative estimate of drug-likeness (QED) is 0.693. The van der Waals surface area contributed by atoms with Crippen molar-refractivity contribution in [2.45, 2.75) is 45.6 Å². The van der Waals surface area contributed by atoms with Crippen LogP contribution in [0.25, 0.3) is 6.08 Å². The zero-order chi connectivity index (χ0) is 19.8. The van der Waals surface area contributed by atoms with Crippen molar-refractivity contribution in [3.63, 3.8) is 0 Å². The molecule has 0 atom stereocenters. The number of hydrogen-bond acceptors (Lipinski definition) is 3. The van der Waals surface area contributed by atoms with Crippen molar-refractivity contribution in [1.82, 2.24) is 9.80 Å². The summed E-state index contributed by atoms with van der Waals surface area (Å²) in [5, 5.41) is 2.75. The third-order valence-corrected chi connectivity index (χ3v) is 5.15. The van der Waals surface area contributed by atoms with E-state index in [2.05, 4.69) is 17.1 Å². The molecule has 0 spiro atoms. The van der Waals surface area contributed by atoms with Gasteiger partial charge in [-0.3, -0.25) is 9.59 Å². The monoisotopic (exact) mass is 407 g/mol. The predicted octanol–water partition coefficient (Wildman–Crippen LogP) is 4.05. The van der Waals surface area contributed by atoms with Gasteiger partial charge in [0.2, 0.25) is 11.8 Å². The number of nitrogens with one attached hydrogen (secondary N) is 1. The Labute approximate surface area is 175 Å². The maximum Gasteiger partial charge on any atom is 0.246 e. The number of halogens is 1. The molecule has 0 aromatic heterocycles. The average Bonchev–Trinajstić information content (AvgIpc) is 2.62. The van der Waals surface area contributed by atoms with Crippen LogP contribution in [0.3, 0.4) is 0 Å². The van der Waals surface area contributed by atoms with Gasteiger partial charge in [0, 0.05) is 37.8 Å². The number of hydrogen-bond donors (Lipinski definition) is 1. The van der Waals surface area contributed by atoms with E-state index in [1.165, 1.54) is 19.8 Å². The first kappa shape index (κ1) is 24.2. The van der Waals surface area contributed by atoms with Crippen molar-refractivity contribution < 1.29 is 9.59 Å². The van der Waals surface area contributed by atoms with Crippen LogP contribution in [0.5, 0.6) is 0 Å². The van der Waals surface area contributed by atoms with E-state index in [-0.39, 0.29) is 24.2 Å². The molecule has 0 aliphatic heterocycles. The smallest absolute Gasteiger partial charge is 0.246 e. The van der Waals surface area contributed by atoms with E-state index in [4.69, 9.17) is 0 Å². The zero-order valence-corrected chi connectivity index (χ0v) is 18.3. The first-order valence-electron chi connectivity index (χ1n) is 9.86. The lowest BCUT2D eigenvalue weighted by molar-refractivity contribution is -0.129. The Morgan fingerprint density at radius 2 is 1.68 bits per heavy atom. The molecule has 1 aromatic rings. The highest BCUT2D eigenvalue weighted by Crippen LogP contribution is 2.27. The van der Waals surface area contributed by atoms with Gasteiger partial charge in [-0.2, -0.15) is 0 Å². The molecule has 156 valence electrons. The van der Waals surface area contributed by atoms with Crippen molar-refractivity contribution in [2.24, 2.45) is 5.92 Å². The molecule has 1 fully saturated rings. The number of likely N-dealkylation sites (N-methyl/N-ethyl adjacent to an activating group) is 1. The molecular weight excluding hydrogens is 374 g/mol. The SMILES string of the molecule is CC(=O)Nc1ccc(/C=C/C(=O)N(CCN(C)C)C2CCC(C)CC2)cc1.Cl. The Hall–Kier alpha value is -1.85. The molecule has 1 N–H and O–H groups in total. The number of rotatable bonds is 7. The van der Waals surface area contributed by atoms with Crippen molar-refractivity contribution in [1.29, 1.82) is 0 Å². The van der Waals surface area contributed by atoms with E-state index in [1.54, 1.807) is 6.08 Å². The summed E-state index contributed by atoms with van der Waals surface area (Å²) >= 11 is 0. The van der Waals surface area contributed by atoms with E-state index < -0.39 is 0 Å². The minimum absolute atomic E-state index is 0. The van der Waals surface area contributed by atoms with Crippen LogP contribution in [0, 0.1) is 5.92 Å². The summed E-state index contributed by atoms with van der Waals surface area (Å²) in [7, 11) is 4.08. The van der Waals surface area contributed by atoms with Gasteiger partial charge in [-0.25, -0.2) is 0 Å². The summed E-state index contributed by atoms with van der Waals surface area (Å²) in [5.74, 6) is 0.763. The zero-order valence-electron chi connectivity index (χ0n) is 17.5. The molecule has 0 unspecified atom stereocenters. The second-order valence-corrected chi connectivity index (χ2v) is 7.89. The lowest BCUT2D eigenvalue weighted by Gasteiger charge is -2.36. The van der Waals surface area contributed by atoms with Crippen molar-refractivity contribution >= 4 is 36.0 Å². The molecular formula is C22H34ClN3O2. The van der Waals surface area contributed by atoms with Crippen LogP contribution < -0.4 is 5.32 Å². The molecule has 0 heterocycles. The first-order chi connectivity index (χ1) is 12.8. The van der Waals surface area contributed by atoms with Crippen LogP contribution >= 0.6 is 12.4 Å². The van der Waals surface area contributed by atoms with Gasteiger partial charge in [0.25, 0.3) is 0 Å². The standard InChI is InChI=1S/C22H33N3O2.ClH/c1-17-5-12-21(13-6-17)25(16-15-24(3)4)22(27)14-9-19-7-10-20(11-8-19)23-18(2)26;/h7-11,14,17,21H,5-6,12-13,15-16H2,1-4H3,(H,23,26);1H/b14-9+;. The minimum Gasteiger partial charge on any atom is -0.335 e. The summed E-state index contributed by atoms with van der Waals surface area (Å²) < 4.78 is 0. The van der Waals surface area contributed by atoms with Crippen LogP contribution in [0.15, 0.2) is 30.3 Å². The molecule has 5 nitrogen and oxygen atoms in total. The summed E-state index contributed by atoms with van der Waals surface area (Å²) in [6, 6.07) is 7.85. The molecule has 0 saturated heterocycles. The molecule has 28 heavy (non-hydrogen) atoms. The van der Waals surface area contributed by atoms with Gasteiger partial charge < -0.3 is 15.1 Å². The van der Waals surface area contributed by atoms with E-state index >= 15 is 0 Å². The molecule has 1 saturated carbocycles. The largest absolute Gasteiger partial charge is 0.335 e. The first-order valence-corrected chi connectivity index (χ1v) is 9.86. The maximum atomic E-state index is 12.9. The van der Waals surface area contributed by atoms with Crippen LogP contribution in [0.2, 0.25) is 0 Å². The van der Waals surface area contributed by atoms with Crippen LogP contribution in [0.1, 0.15) is 45.1 Å². The third-order valence-electron chi connectivity index (χ3n) is 5.15. The molecule has 2 rings (SSSR count). The van der Waals surface area contributed by atoms with Crippen LogP contribution in [0.4, 0.5) is 5.69 Å². The summed E-state index contributed by atoms with van der Waals surface area (Å²) in [6.07, 6.45) is 8.13. The van der Waals surface area contributed by atoms with Gasteiger partial charge in [0.1, 0.15) is 0 Å². The number of carbonyl (C=O) groups excluding carboxylic acids is 2. The number of carbonyl (C=O) groups is 2. The summed E-state index contributed by atoms with van der Waals surface area (Å²) in [4.78, 5) is 28.1. The highest BCUT2D eigenvalue weighted by molar-refractivity contribution is 5.92. The van der Waals surface area contributed by atoms with Crippen molar-refractivity contribution in [3.05, 3.63) is 35.9 Å². The fourth-order valence-electron chi connectivity index (χ4n) is 3.48. The number of amides is 2. The maximum absolute atomic E-state index is 12.9. The van der Waals surface area contributed by atoms with Crippen LogP contribution in [-0.4, -0.2) is 54.8 Å². The number of benzene rings is 1. The van der Waals surface area contributed by atoms with Gasteiger partial charge in [-0.1, -0.05) is 19.1 Å². The Bertz CT molecular complexity index is 650. The lowest BCUT2D eigenvalue weighted by Crippen LogP contribution is -2.44. The Morgan fingerprint density at radius 3 is 2.21 bits per heavy atom. The molecule has 6 heteroatoms. The Kier molecular flexibility index (Phi) is 10.3. The van der Waals surface area contributed by atoms with Crippen molar-refractivity contribution in [3.8, 4) is 0 Å². The van der Waals surface area contributed by atoms with Crippen molar-refractivity contribution in [2.75, 3.05) is 32.5 Å². The Morgan fingerprint density at radius 1 is 1.07 bits per heavy atom. The molecule has 0 radical (unpaired) electrons. The van der Waals surface area contributed by atoms with Gasteiger partial charge in [-0.05, 0) is 69.5 Å². The van der Waals surface area contributed by atoms with Crippen LogP contribution in [-0.2, 0) is 9.59 Å². The Balaban J connectivity index is 0.00000392. The summed E-state index contributed by atoms with van der Waals surface area (Å²) in [5.41, 5.74) is 1.71. The minimum atomic E-state index is -0.0909. The molecule has 2 amide bonds. The normalized spacial score (nSPS) is 19.3. The average molecular weight is 408 g/mol. The number of anilines is 1. The van der Waals surface area contributed by atoms with E-state index in [0.717, 1.165) is 43.1 Å². The molecule has 1 aromatic carbocycles. The highest BCUT2D eigenvalue weighted by atomic mass is 35.5. The van der Waals surface area contributed by atoms with Gasteiger partial charge in [0.15, 0.2) is 0 Å². The second-order valence-electron chi connectivity index (χ2n) is 7.89. The number of nitrogens with zero attached hydrogens (tertiary/aromatic N) is 2. The van der Waals surface area contributed by atoms with E-state index in [9.17, 15) is 9.59 Å². The topological polar surface area (TPSA) is 52.7 Å². The van der Waals surface area contributed by atoms with Gasteiger partial charge in [0.05, 0.1) is 0 Å². The second kappa shape index (κ2) is 11.9. The fourth-order valence-corrected chi connectivity index (χ4v) is 3.48. The molecule has 1 aliphatic rings. The summed E-state index contributed by atoms with van der Waals surface area (Å²) in [6.45, 7) is 5.42. The van der Waals surface area contributed by atoms with E-state index in [0.29, 0.717) is 6.04 Å². The molecule has 1 aliphatic carbocycles. The van der Waals surface area contributed by atoms with Gasteiger partial charge in [-0.15, -0.1) is 12.4 Å². The van der Waals surface area contributed by atoms with E-state index in [1.807, 2.05) is 49.3 Å². The predicted molar refractivity (Wildman–Crippen MR) is 119 cm³/mol. The third kappa shape index (κ3) is 8.03. The van der Waals surface area contributed by atoms with Gasteiger partial charge >= 0.3 is 0 Å².